The molecule has 26 heavy (non-hydrogen) atoms. The molecule has 0 unspecified atom stereocenters. The summed E-state index contributed by atoms with van der Waals surface area (Å²) in [5.74, 6) is 0. The van der Waals surface area contributed by atoms with Crippen LogP contribution in [0.5, 0.6) is 0 Å². The minimum absolute atomic E-state index is 0.0101. The van der Waals surface area contributed by atoms with Gasteiger partial charge in [-0.25, -0.2) is 0 Å². The molecule has 1 saturated carbocycles. The largest absolute Gasteiger partial charge is 0.353 e. The van der Waals surface area contributed by atoms with Crippen molar-refractivity contribution >= 4 is 7.60 Å². The standard InChI is InChI=1S/C20H41NO4P/c1-16(2)24-26(23,25-17(3)4)20(13-11-10-12-14-20)21(22)19(8,9)15-18(5,6)7/h16-17H,10-15H2,1-9H3. The van der Waals surface area contributed by atoms with Crippen molar-refractivity contribution in [1.82, 2.24) is 5.06 Å². The number of nitrogens with zero attached hydrogens (tertiary/aromatic N) is 1. The minimum atomic E-state index is -3.64. The van der Waals surface area contributed by atoms with Gasteiger partial charge < -0.3 is 9.05 Å². The molecule has 1 aliphatic rings. The molecule has 0 bridgehead atoms. The Morgan fingerprint density at radius 3 is 1.69 bits per heavy atom. The fraction of sp³-hybridized carbons (Fsp3) is 1.00. The molecule has 5 nitrogen and oxygen atoms in total. The lowest BCUT2D eigenvalue weighted by atomic mass is 9.80. The first-order valence-electron chi connectivity index (χ1n) is 10.1. The lowest BCUT2D eigenvalue weighted by Crippen LogP contribution is -2.58. The van der Waals surface area contributed by atoms with Crippen LogP contribution in [0.1, 0.15) is 101 Å². The van der Waals surface area contributed by atoms with Gasteiger partial charge in [0, 0.05) is 5.54 Å². The Balaban J connectivity index is 3.41. The van der Waals surface area contributed by atoms with E-state index in [4.69, 9.17) is 9.05 Å². The number of hydrogen-bond donors (Lipinski definition) is 0. The quantitative estimate of drug-likeness (QED) is 0.348. The van der Waals surface area contributed by atoms with Crippen molar-refractivity contribution in [2.75, 3.05) is 0 Å². The van der Waals surface area contributed by atoms with Crippen LogP contribution in [0.15, 0.2) is 0 Å². The summed E-state index contributed by atoms with van der Waals surface area (Å²) < 4.78 is 25.9. The Labute approximate surface area is 161 Å². The third-order valence-electron chi connectivity index (χ3n) is 4.75. The Morgan fingerprint density at radius 2 is 1.35 bits per heavy atom. The zero-order chi connectivity index (χ0) is 20.4. The van der Waals surface area contributed by atoms with Gasteiger partial charge in [-0.1, -0.05) is 40.0 Å². The average molecular weight is 391 g/mol. The maximum absolute atomic E-state index is 14.1. The van der Waals surface area contributed by atoms with Crippen LogP contribution >= 0.6 is 7.60 Å². The second kappa shape index (κ2) is 8.61. The van der Waals surface area contributed by atoms with E-state index in [1.807, 2.05) is 41.5 Å². The van der Waals surface area contributed by atoms with E-state index >= 15 is 0 Å². The van der Waals surface area contributed by atoms with Gasteiger partial charge >= 0.3 is 7.60 Å². The van der Waals surface area contributed by atoms with E-state index in [1.54, 1.807) is 0 Å². The fourth-order valence-electron chi connectivity index (χ4n) is 4.42. The molecule has 1 rings (SSSR count). The first-order chi connectivity index (χ1) is 11.7. The van der Waals surface area contributed by atoms with E-state index in [0.29, 0.717) is 19.3 Å². The monoisotopic (exact) mass is 390 g/mol. The van der Waals surface area contributed by atoms with Gasteiger partial charge in [-0.2, -0.15) is 0 Å². The van der Waals surface area contributed by atoms with Crippen LogP contribution in [0.3, 0.4) is 0 Å². The predicted octanol–water partition coefficient (Wildman–Crippen LogP) is 6.55. The number of hydroxylamine groups is 2. The number of rotatable bonds is 8. The smallest absolute Gasteiger partial charge is 0.304 e. The van der Waals surface area contributed by atoms with Gasteiger partial charge in [0.2, 0.25) is 0 Å². The second-order valence-corrected chi connectivity index (χ2v) is 12.4. The van der Waals surface area contributed by atoms with E-state index in [-0.39, 0.29) is 17.6 Å². The predicted molar refractivity (Wildman–Crippen MR) is 107 cm³/mol. The zero-order valence-corrected chi connectivity index (χ0v) is 19.3. The Morgan fingerprint density at radius 1 is 0.923 bits per heavy atom. The van der Waals surface area contributed by atoms with E-state index in [9.17, 15) is 9.77 Å². The molecule has 1 aliphatic carbocycles. The van der Waals surface area contributed by atoms with Crippen molar-refractivity contribution in [3.8, 4) is 0 Å². The molecule has 6 heteroatoms. The first kappa shape index (κ1) is 24.1. The molecular weight excluding hydrogens is 349 g/mol. The van der Waals surface area contributed by atoms with Gasteiger partial charge in [0.05, 0.1) is 12.2 Å². The molecule has 0 aromatic rings. The van der Waals surface area contributed by atoms with Gasteiger partial charge in [-0.05, 0) is 66.2 Å². The van der Waals surface area contributed by atoms with Crippen molar-refractivity contribution in [3.05, 3.63) is 0 Å². The van der Waals surface area contributed by atoms with Crippen LogP contribution < -0.4 is 0 Å². The van der Waals surface area contributed by atoms with Gasteiger partial charge in [-0.15, -0.1) is 10.3 Å². The lowest BCUT2D eigenvalue weighted by Gasteiger charge is -2.51. The highest BCUT2D eigenvalue weighted by atomic mass is 31.2. The van der Waals surface area contributed by atoms with E-state index in [1.165, 1.54) is 0 Å². The van der Waals surface area contributed by atoms with Crippen molar-refractivity contribution in [2.24, 2.45) is 5.41 Å². The van der Waals surface area contributed by atoms with Crippen molar-refractivity contribution in [1.29, 1.82) is 0 Å². The zero-order valence-electron chi connectivity index (χ0n) is 18.4. The van der Waals surface area contributed by atoms with Crippen LogP contribution in [-0.2, 0) is 18.8 Å². The van der Waals surface area contributed by atoms with Crippen LogP contribution in [0.2, 0.25) is 0 Å². The number of hydrogen-bond acceptors (Lipinski definition) is 4. The molecule has 0 spiro atoms. The van der Waals surface area contributed by atoms with E-state index < -0.39 is 18.4 Å². The van der Waals surface area contributed by atoms with Crippen molar-refractivity contribution in [2.45, 2.75) is 124 Å². The molecule has 0 atom stereocenters. The molecule has 0 aromatic carbocycles. The summed E-state index contributed by atoms with van der Waals surface area (Å²) in [5, 5.41) is 13.8. The molecule has 0 N–H and O–H groups in total. The summed E-state index contributed by atoms with van der Waals surface area (Å²) in [5.41, 5.74) is -0.671. The second-order valence-electron chi connectivity index (χ2n) is 10.2. The summed E-state index contributed by atoms with van der Waals surface area (Å²) >= 11 is 0. The van der Waals surface area contributed by atoms with Crippen LogP contribution in [0.4, 0.5) is 0 Å². The molecule has 1 radical (unpaired) electrons. The third-order valence-corrected chi connectivity index (χ3v) is 7.80. The van der Waals surface area contributed by atoms with Crippen LogP contribution in [0.25, 0.3) is 0 Å². The molecule has 1 fully saturated rings. The van der Waals surface area contributed by atoms with Gasteiger partial charge in [0.15, 0.2) is 5.28 Å². The normalized spacial score (nSPS) is 19.6. The van der Waals surface area contributed by atoms with Crippen molar-refractivity contribution < 1.29 is 18.8 Å². The topological polar surface area (TPSA) is 58.7 Å². The maximum atomic E-state index is 14.1. The SMILES string of the molecule is CC(C)OP(=O)(OC(C)C)C1(N([O])C(C)(C)CC(C)(C)C)CCCCC1. The Kier molecular flexibility index (Phi) is 7.98. The molecule has 155 valence electrons. The van der Waals surface area contributed by atoms with Crippen LogP contribution in [-0.4, -0.2) is 28.1 Å². The highest BCUT2D eigenvalue weighted by molar-refractivity contribution is 7.55. The average Bonchev–Trinajstić information content (AvgIpc) is 2.42. The fourth-order valence-corrected chi connectivity index (χ4v) is 7.32. The molecular formula is C20H41NO4P. The Bertz CT molecular complexity index is 477. The molecule has 0 heterocycles. The third kappa shape index (κ3) is 5.78. The Hall–Kier alpha value is 0.0700. The molecule has 0 aliphatic heterocycles. The minimum Gasteiger partial charge on any atom is -0.304 e. The maximum Gasteiger partial charge on any atom is 0.353 e. The summed E-state index contributed by atoms with van der Waals surface area (Å²) in [6.07, 6.45) is 4.08. The van der Waals surface area contributed by atoms with E-state index in [2.05, 4.69) is 20.8 Å². The van der Waals surface area contributed by atoms with E-state index in [0.717, 1.165) is 24.3 Å². The lowest BCUT2D eigenvalue weighted by molar-refractivity contribution is -0.273. The van der Waals surface area contributed by atoms with Gasteiger partial charge in [0.1, 0.15) is 0 Å². The summed E-state index contributed by atoms with van der Waals surface area (Å²) in [6.45, 7) is 17.7. The first-order valence-corrected chi connectivity index (χ1v) is 11.6. The van der Waals surface area contributed by atoms with Crippen LogP contribution in [0, 0.1) is 5.41 Å². The molecule has 0 saturated heterocycles. The summed E-state index contributed by atoms with van der Waals surface area (Å²) in [4.78, 5) is 0. The molecule has 0 aromatic heterocycles. The highest BCUT2D eigenvalue weighted by Gasteiger charge is 2.60. The summed E-state index contributed by atoms with van der Waals surface area (Å²) in [7, 11) is -3.64. The van der Waals surface area contributed by atoms with Gasteiger partial charge in [0.25, 0.3) is 0 Å². The van der Waals surface area contributed by atoms with Crippen molar-refractivity contribution in [3.63, 3.8) is 0 Å². The van der Waals surface area contributed by atoms with Gasteiger partial charge in [-0.3, -0.25) is 4.57 Å². The molecule has 0 amide bonds. The summed E-state index contributed by atoms with van der Waals surface area (Å²) in [6, 6.07) is 0. The highest BCUT2D eigenvalue weighted by Crippen LogP contribution is 2.68.